The van der Waals surface area contributed by atoms with Crippen molar-refractivity contribution in [1.82, 2.24) is 10.2 Å². The van der Waals surface area contributed by atoms with Crippen molar-refractivity contribution < 1.29 is 9.84 Å². The molecular formula is C16H23N3O2. The van der Waals surface area contributed by atoms with Crippen LogP contribution in [0.3, 0.4) is 0 Å². The van der Waals surface area contributed by atoms with Gasteiger partial charge in [-0.05, 0) is 44.6 Å². The zero-order valence-corrected chi connectivity index (χ0v) is 12.5. The van der Waals surface area contributed by atoms with Gasteiger partial charge >= 0.3 is 0 Å². The number of hydrogen-bond acceptors (Lipinski definition) is 5. The van der Waals surface area contributed by atoms with Gasteiger partial charge in [0, 0.05) is 13.1 Å². The van der Waals surface area contributed by atoms with E-state index >= 15 is 0 Å². The van der Waals surface area contributed by atoms with Crippen LogP contribution in [0.4, 0.5) is 0 Å². The van der Waals surface area contributed by atoms with Crippen LogP contribution in [-0.4, -0.2) is 55.9 Å². The van der Waals surface area contributed by atoms with E-state index in [1.807, 2.05) is 6.07 Å². The van der Waals surface area contributed by atoms with E-state index in [9.17, 15) is 5.11 Å². The first-order valence-corrected chi connectivity index (χ1v) is 7.38. The van der Waals surface area contributed by atoms with Gasteiger partial charge in [0.15, 0.2) is 0 Å². The van der Waals surface area contributed by atoms with Crippen LogP contribution < -0.4 is 10.1 Å². The van der Waals surface area contributed by atoms with Crippen molar-refractivity contribution in [1.29, 1.82) is 5.26 Å². The molecule has 2 rings (SSSR count). The Hall–Kier alpha value is -1.61. The molecule has 0 aromatic heterocycles. The largest absolute Gasteiger partial charge is 0.489 e. The van der Waals surface area contributed by atoms with Crippen LogP contribution in [0.2, 0.25) is 0 Å². The van der Waals surface area contributed by atoms with Gasteiger partial charge < -0.3 is 20.1 Å². The van der Waals surface area contributed by atoms with E-state index in [0.717, 1.165) is 19.6 Å². The lowest BCUT2D eigenvalue weighted by Gasteiger charge is -2.16. The summed E-state index contributed by atoms with van der Waals surface area (Å²) < 4.78 is 5.51. The van der Waals surface area contributed by atoms with Gasteiger partial charge in [-0.25, -0.2) is 0 Å². The summed E-state index contributed by atoms with van der Waals surface area (Å²) in [6, 6.07) is 9.14. The standard InChI is InChI=1S/C16H23N3O2/c1-19-7-6-13(11-19)9-18-10-15(20)12-21-16-5-3-2-4-14(16)8-17/h2-5,13,15,18,20H,6-7,9-12H2,1H3. The summed E-state index contributed by atoms with van der Waals surface area (Å²) in [5.74, 6) is 1.19. The van der Waals surface area contributed by atoms with Gasteiger partial charge in [-0.15, -0.1) is 0 Å². The number of nitrogens with one attached hydrogen (secondary N) is 1. The van der Waals surface area contributed by atoms with E-state index in [4.69, 9.17) is 10.00 Å². The molecule has 1 heterocycles. The van der Waals surface area contributed by atoms with Gasteiger partial charge in [0.25, 0.3) is 0 Å². The number of ether oxygens (including phenoxy) is 1. The summed E-state index contributed by atoms with van der Waals surface area (Å²) in [7, 11) is 2.13. The third-order valence-electron chi connectivity index (χ3n) is 3.74. The summed E-state index contributed by atoms with van der Waals surface area (Å²) in [4.78, 5) is 2.32. The number of nitriles is 1. The summed E-state index contributed by atoms with van der Waals surface area (Å²) >= 11 is 0. The molecule has 114 valence electrons. The van der Waals surface area contributed by atoms with E-state index in [-0.39, 0.29) is 6.61 Å². The molecule has 0 radical (unpaired) electrons. The SMILES string of the molecule is CN1CCC(CNCC(O)COc2ccccc2C#N)C1. The maximum absolute atomic E-state index is 9.92. The molecule has 0 spiro atoms. The molecule has 1 fully saturated rings. The number of para-hydroxylation sites is 1. The highest BCUT2D eigenvalue weighted by Crippen LogP contribution is 2.16. The molecule has 0 amide bonds. The minimum atomic E-state index is -0.573. The van der Waals surface area contributed by atoms with Gasteiger partial charge in [-0.2, -0.15) is 5.26 Å². The molecule has 1 aromatic rings. The lowest BCUT2D eigenvalue weighted by atomic mass is 10.1. The van der Waals surface area contributed by atoms with Crippen molar-refractivity contribution >= 4 is 0 Å². The van der Waals surface area contributed by atoms with E-state index in [2.05, 4.69) is 23.3 Å². The zero-order chi connectivity index (χ0) is 15.1. The molecule has 2 unspecified atom stereocenters. The zero-order valence-electron chi connectivity index (χ0n) is 12.5. The Kier molecular flexibility index (Phi) is 6.00. The molecule has 0 bridgehead atoms. The highest BCUT2D eigenvalue weighted by molar-refractivity contribution is 5.42. The van der Waals surface area contributed by atoms with Gasteiger partial charge in [-0.1, -0.05) is 12.1 Å². The molecule has 1 aliphatic rings. The minimum Gasteiger partial charge on any atom is -0.489 e. The van der Waals surface area contributed by atoms with Crippen molar-refractivity contribution in [3.8, 4) is 11.8 Å². The quantitative estimate of drug-likeness (QED) is 0.778. The van der Waals surface area contributed by atoms with E-state index in [1.54, 1.807) is 18.2 Å². The normalized spacial score (nSPS) is 20.1. The first-order chi connectivity index (χ1) is 10.2. The maximum Gasteiger partial charge on any atom is 0.137 e. The Morgan fingerprint density at radius 3 is 3.05 bits per heavy atom. The first kappa shape index (κ1) is 15.8. The first-order valence-electron chi connectivity index (χ1n) is 7.38. The molecule has 1 saturated heterocycles. The molecule has 1 aromatic carbocycles. The van der Waals surface area contributed by atoms with Crippen molar-refractivity contribution in [3.05, 3.63) is 29.8 Å². The summed E-state index contributed by atoms with van der Waals surface area (Å²) in [5, 5.41) is 22.2. The van der Waals surface area contributed by atoms with Crippen molar-refractivity contribution in [2.75, 3.05) is 39.8 Å². The predicted molar refractivity (Wildman–Crippen MR) is 81.1 cm³/mol. The molecular weight excluding hydrogens is 266 g/mol. The van der Waals surface area contributed by atoms with Gasteiger partial charge in [-0.3, -0.25) is 0 Å². The fourth-order valence-electron chi connectivity index (χ4n) is 2.58. The maximum atomic E-state index is 9.92. The second-order valence-corrected chi connectivity index (χ2v) is 5.65. The van der Waals surface area contributed by atoms with Gasteiger partial charge in [0.05, 0.1) is 5.56 Å². The molecule has 2 N–H and O–H groups in total. The van der Waals surface area contributed by atoms with Gasteiger partial charge in [0.2, 0.25) is 0 Å². The van der Waals surface area contributed by atoms with Crippen LogP contribution in [-0.2, 0) is 0 Å². The second-order valence-electron chi connectivity index (χ2n) is 5.65. The highest BCUT2D eigenvalue weighted by atomic mass is 16.5. The van der Waals surface area contributed by atoms with Crippen LogP contribution >= 0.6 is 0 Å². The topological polar surface area (TPSA) is 68.5 Å². The number of aliphatic hydroxyl groups is 1. The summed E-state index contributed by atoms with van der Waals surface area (Å²) in [6.07, 6.45) is 0.641. The number of likely N-dealkylation sites (tertiary alicyclic amines) is 1. The summed E-state index contributed by atoms with van der Waals surface area (Å²) in [6.45, 7) is 3.90. The van der Waals surface area contributed by atoms with Crippen molar-refractivity contribution in [3.63, 3.8) is 0 Å². The molecule has 1 aliphatic heterocycles. The number of benzene rings is 1. The Morgan fingerprint density at radius 1 is 1.52 bits per heavy atom. The summed E-state index contributed by atoms with van der Waals surface area (Å²) in [5.41, 5.74) is 0.492. The third-order valence-corrected chi connectivity index (χ3v) is 3.74. The molecule has 0 saturated carbocycles. The molecule has 5 nitrogen and oxygen atoms in total. The predicted octanol–water partition coefficient (Wildman–Crippen LogP) is 0.839. The number of nitrogens with zero attached hydrogens (tertiary/aromatic N) is 2. The number of rotatable bonds is 7. The minimum absolute atomic E-state index is 0.191. The molecule has 5 heteroatoms. The monoisotopic (exact) mass is 289 g/mol. The fraction of sp³-hybridized carbons (Fsp3) is 0.562. The average Bonchev–Trinajstić information content (AvgIpc) is 2.91. The van der Waals surface area contributed by atoms with Crippen LogP contribution in [0.25, 0.3) is 0 Å². The van der Waals surface area contributed by atoms with Crippen LogP contribution in [0.1, 0.15) is 12.0 Å². The van der Waals surface area contributed by atoms with Crippen molar-refractivity contribution in [2.45, 2.75) is 12.5 Å². The van der Waals surface area contributed by atoms with Crippen molar-refractivity contribution in [2.24, 2.45) is 5.92 Å². The average molecular weight is 289 g/mol. The lowest BCUT2D eigenvalue weighted by Crippen LogP contribution is -2.34. The molecule has 21 heavy (non-hydrogen) atoms. The number of hydrogen-bond donors (Lipinski definition) is 2. The van der Waals surface area contributed by atoms with Crippen LogP contribution in [0.5, 0.6) is 5.75 Å². The Bertz CT molecular complexity index is 487. The highest BCUT2D eigenvalue weighted by Gasteiger charge is 2.19. The van der Waals surface area contributed by atoms with E-state index < -0.39 is 6.10 Å². The van der Waals surface area contributed by atoms with Gasteiger partial charge in [0.1, 0.15) is 24.5 Å². The second kappa shape index (κ2) is 7.99. The fourth-order valence-corrected chi connectivity index (χ4v) is 2.58. The Balaban J connectivity index is 1.65. The Morgan fingerprint density at radius 2 is 2.33 bits per heavy atom. The smallest absolute Gasteiger partial charge is 0.137 e. The molecule has 2 atom stereocenters. The number of aliphatic hydroxyl groups excluding tert-OH is 1. The third kappa shape index (κ3) is 5.01. The van der Waals surface area contributed by atoms with Crippen LogP contribution in [0.15, 0.2) is 24.3 Å². The lowest BCUT2D eigenvalue weighted by molar-refractivity contribution is 0.105. The van der Waals surface area contributed by atoms with Crippen LogP contribution in [0, 0.1) is 17.2 Å². The molecule has 0 aliphatic carbocycles. The Labute approximate surface area is 126 Å². The van der Waals surface area contributed by atoms with E-state index in [1.165, 1.54) is 6.42 Å². The van der Waals surface area contributed by atoms with E-state index in [0.29, 0.717) is 23.8 Å².